The number of likely N-dealkylation sites (N-methyl/N-ethyl adjacent to an activating group) is 1. The van der Waals surface area contributed by atoms with Crippen molar-refractivity contribution in [1.29, 1.82) is 0 Å². The topological polar surface area (TPSA) is 335 Å². The van der Waals surface area contributed by atoms with Gasteiger partial charge in [-0.1, -0.05) is 51.1 Å². The second-order valence-corrected chi connectivity index (χ2v) is 29.8. The molecule has 7 aliphatic rings. The molecule has 0 saturated carbocycles. The Kier molecular flexibility index (Phi) is 23.4. The lowest BCUT2D eigenvalue weighted by atomic mass is 9.77. The van der Waals surface area contributed by atoms with Crippen LogP contribution in [0.4, 0.5) is 0 Å². The number of hydrogen-bond acceptors (Lipinski definition) is 24. The molecule has 0 aliphatic carbocycles. The Hall–Kier alpha value is -5.53. The quantitative estimate of drug-likeness (QED) is 0.0574. The first-order valence-electron chi connectivity index (χ1n) is 32.6. The summed E-state index contributed by atoms with van der Waals surface area (Å²) >= 11 is 1.27. The van der Waals surface area contributed by atoms with Gasteiger partial charge in [-0.05, 0) is 120 Å². The number of rotatable bonds is 19. The van der Waals surface area contributed by atoms with E-state index in [1.54, 1.807) is 87.6 Å². The molecule has 94 heavy (non-hydrogen) atoms. The average molecular weight is 1350 g/mol. The number of carbonyl (C=O) groups excluding carboxylic acids is 7. The van der Waals surface area contributed by atoms with Crippen molar-refractivity contribution in [2.45, 2.75) is 253 Å². The zero-order chi connectivity index (χ0) is 69.4. The summed E-state index contributed by atoms with van der Waals surface area (Å²) in [6.45, 7) is 20.1. The molecule has 526 valence electrons. The molecule has 7 aliphatic heterocycles. The molecule has 28 heteroatoms. The Morgan fingerprint density at radius 2 is 1.54 bits per heavy atom. The maximum atomic E-state index is 15.2. The van der Waals surface area contributed by atoms with Gasteiger partial charge in [0.1, 0.15) is 53.2 Å². The number of nitrogens with zero attached hydrogens (tertiary/aromatic N) is 4. The largest absolute Gasteiger partial charge is 0.480 e. The molecular formula is C66H99N5O22S. The molecule has 1 aromatic rings. The van der Waals surface area contributed by atoms with Crippen molar-refractivity contribution in [3.8, 4) is 0 Å². The first kappa shape index (κ1) is 74.3. The van der Waals surface area contributed by atoms with Crippen LogP contribution in [0.2, 0.25) is 0 Å². The molecule has 8 rings (SSSR count). The van der Waals surface area contributed by atoms with Crippen LogP contribution < -0.4 is 5.32 Å². The van der Waals surface area contributed by atoms with E-state index in [0.717, 1.165) is 6.42 Å². The fourth-order valence-corrected chi connectivity index (χ4v) is 16.5. The first-order valence-corrected chi connectivity index (χ1v) is 33.5. The SMILES string of the molecule is CC[C@H]1OC(=O)[C@H](C)[C@@H](OC2C[C@@](C)(OC)[C@@H](OC(=O)C3N4C(=O)C(NC(=O)C(C(=O)O)c5ccccc5)C4SC3(C)C)[C@H](C)O2)[C@H](C)[C@@H](O[C@H]2C[C@@H](N(C)C)C[C@@H](C)O2)[C@](C)(O)C[C@@H](C)CN(C)[C@H](C)[C@H](OC(=O)CCOC(=O)C2/C(=C/CO)OC3CC(=O)N32)[C@@]1(C)O. The molecule has 0 aromatic heterocycles. The molecule has 5 N–H and O–H groups in total. The number of fused-ring (bicyclic) bond motifs is 2. The maximum Gasteiger partial charge on any atom is 0.336 e. The zero-order valence-electron chi connectivity index (χ0n) is 56.9. The predicted molar refractivity (Wildman–Crippen MR) is 336 cm³/mol. The molecule has 7 fully saturated rings. The van der Waals surface area contributed by atoms with E-state index in [9.17, 15) is 54.0 Å². The van der Waals surface area contributed by atoms with Crippen LogP contribution in [0.15, 0.2) is 42.2 Å². The fraction of sp³-hybridized carbons (Fsp3) is 0.758. The predicted octanol–water partition coefficient (Wildman–Crippen LogP) is 3.21. The molecule has 23 atom stereocenters. The van der Waals surface area contributed by atoms with Crippen molar-refractivity contribution < 1.29 is 106 Å². The van der Waals surface area contributed by atoms with Crippen molar-refractivity contribution in [3.63, 3.8) is 0 Å². The normalized spacial score (nSPS) is 39.5. The van der Waals surface area contributed by atoms with Crippen molar-refractivity contribution >= 4 is 59.3 Å². The Morgan fingerprint density at radius 3 is 2.16 bits per heavy atom. The van der Waals surface area contributed by atoms with Gasteiger partial charge in [0.25, 0.3) is 0 Å². The summed E-state index contributed by atoms with van der Waals surface area (Å²) in [6, 6.07) is 3.68. The summed E-state index contributed by atoms with van der Waals surface area (Å²) < 4.78 is 62.5. The van der Waals surface area contributed by atoms with Gasteiger partial charge >= 0.3 is 29.8 Å². The summed E-state index contributed by atoms with van der Waals surface area (Å²) in [5, 5.41) is 47.5. The third-order valence-electron chi connectivity index (χ3n) is 20.0. The van der Waals surface area contributed by atoms with Gasteiger partial charge < -0.3 is 82.9 Å². The van der Waals surface area contributed by atoms with Crippen molar-refractivity contribution in [2.24, 2.45) is 17.8 Å². The van der Waals surface area contributed by atoms with E-state index < -0.39 is 186 Å². The van der Waals surface area contributed by atoms with Gasteiger partial charge in [0.15, 0.2) is 36.9 Å². The zero-order valence-corrected chi connectivity index (χ0v) is 57.7. The number of amides is 3. The summed E-state index contributed by atoms with van der Waals surface area (Å²) in [5.41, 5.74) is -4.91. The van der Waals surface area contributed by atoms with E-state index in [1.165, 1.54) is 53.8 Å². The monoisotopic (exact) mass is 1350 g/mol. The van der Waals surface area contributed by atoms with E-state index in [1.807, 2.05) is 32.8 Å². The van der Waals surface area contributed by atoms with E-state index >= 15 is 4.79 Å². The van der Waals surface area contributed by atoms with Gasteiger partial charge in [-0.25, -0.2) is 9.59 Å². The highest BCUT2D eigenvalue weighted by Crippen LogP contribution is 2.52. The van der Waals surface area contributed by atoms with E-state index in [4.69, 9.17) is 47.4 Å². The number of methoxy groups -OCH3 is 1. The Balaban J connectivity index is 1.04. The minimum absolute atomic E-state index is 0.0249. The molecule has 7 heterocycles. The minimum atomic E-state index is -2.10. The van der Waals surface area contributed by atoms with Gasteiger partial charge in [-0.2, -0.15) is 0 Å². The van der Waals surface area contributed by atoms with Crippen molar-refractivity contribution in [2.75, 3.05) is 48.0 Å². The molecule has 1 aromatic carbocycles. The molecule has 0 bridgehead atoms. The minimum Gasteiger partial charge on any atom is -0.480 e. The van der Waals surface area contributed by atoms with Gasteiger partial charge in [0.05, 0.1) is 55.4 Å². The van der Waals surface area contributed by atoms with E-state index in [0.29, 0.717) is 6.42 Å². The van der Waals surface area contributed by atoms with Crippen LogP contribution in [0, 0.1) is 17.8 Å². The lowest BCUT2D eigenvalue weighted by Crippen LogP contribution is -2.71. The lowest BCUT2D eigenvalue weighted by Gasteiger charge is -2.49. The highest BCUT2D eigenvalue weighted by molar-refractivity contribution is 8.01. The third kappa shape index (κ3) is 15.6. The number of aliphatic carboxylic acids is 1. The van der Waals surface area contributed by atoms with Crippen LogP contribution in [0.5, 0.6) is 0 Å². The average Bonchev–Trinajstić information content (AvgIpc) is 1.55. The van der Waals surface area contributed by atoms with Crippen LogP contribution in [0.3, 0.4) is 0 Å². The van der Waals surface area contributed by atoms with Crippen molar-refractivity contribution in [1.82, 2.24) is 24.9 Å². The Labute approximate surface area is 554 Å². The first-order chi connectivity index (χ1) is 44.0. The van der Waals surface area contributed by atoms with Gasteiger partial charge in [-0.3, -0.25) is 38.6 Å². The molecular weight excluding hydrogens is 1250 g/mol. The van der Waals surface area contributed by atoms with E-state index in [2.05, 4.69) is 10.2 Å². The molecule has 0 spiro atoms. The van der Waals surface area contributed by atoms with Crippen LogP contribution in [0.25, 0.3) is 0 Å². The number of aliphatic hydroxyl groups is 3. The number of nitrogens with one attached hydrogen (secondary N) is 1. The van der Waals surface area contributed by atoms with Crippen LogP contribution in [-0.2, 0) is 85.7 Å². The smallest absolute Gasteiger partial charge is 0.336 e. The molecule has 0 radical (unpaired) electrons. The summed E-state index contributed by atoms with van der Waals surface area (Å²) in [4.78, 5) is 116. The Morgan fingerprint density at radius 1 is 0.862 bits per heavy atom. The van der Waals surface area contributed by atoms with Crippen LogP contribution >= 0.6 is 11.8 Å². The molecule has 7 unspecified atom stereocenters. The second-order valence-electron chi connectivity index (χ2n) is 28.1. The van der Waals surface area contributed by atoms with Crippen LogP contribution in [0.1, 0.15) is 140 Å². The number of carbonyl (C=O) groups is 8. The summed E-state index contributed by atoms with van der Waals surface area (Å²) in [5.74, 6) is -10.5. The number of benzene rings is 1. The van der Waals surface area contributed by atoms with Gasteiger partial charge in [-0.15, -0.1) is 11.8 Å². The number of ether oxygens (including phenoxy) is 10. The maximum absolute atomic E-state index is 15.2. The number of esters is 4. The third-order valence-corrected chi connectivity index (χ3v) is 21.6. The second kappa shape index (κ2) is 29.7. The standard InChI is InChI=1S/C66H99N5O22S/c1-17-42-66(12,83)54(90-45(74)24-26-85-61(80)50-41(23-25-72)88-44-29-43(73)70(44)50)37(6)69(15)32-33(2)30-64(10,82)53(92-46-28-40(68(13)14)27-34(3)86-46)35(4)51(36(5)60(79)89-42)91-47-31-65(11,84-16)55(38(7)87-47)93-62(81)52-63(8,9)94-58-49(57(76)71(52)58)67-56(75)48(59(77)78)39-21-19-18-20-22-39/h18-23,33-38,40,42,44,46-55,58,72,82-83H,17,24-32H2,1-16H3,(H,67,75)(H,77,78)/b41-23-/t33-,34-,35+,36-,37-,38+,40+,42-,44?,46+,47?,48?,49?,50?,51+,52?,53-,54+,55+,58?,64-,65-,66+/m1/s1. The Bertz CT molecular complexity index is 2950. The number of aliphatic hydroxyl groups excluding tert-OH is 1. The van der Waals surface area contributed by atoms with Gasteiger partial charge in [0, 0.05) is 49.2 Å². The summed E-state index contributed by atoms with van der Waals surface area (Å²) in [6.07, 6.45) is -8.05. The highest BCUT2D eigenvalue weighted by atomic mass is 32.2. The number of carboxylic acids is 1. The number of thioether (sulfide) groups is 1. The molecule has 3 amide bonds. The summed E-state index contributed by atoms with van der Waals surface area (Å²) in [7, 11) is 7.17. The van der Waals surface area contributed by atoms with Crippen LogP contribution in [-0.4, -0.2) is 254 Å². The molecule has 7 saturated heterocycles. The number of carboxylic acid groups (broad SMARTS) is 1. The van der Waals surface area contributed by atoms with E-state index in [-0.39, 0.29) is 67.5 Å². The highest BCUT2D eigenvalue weighted by Gasteiger charge is 2.66. The number of hydrogen-bond donors (Lipinski definition) is 5. The van der Waals surface area contributed by atoms with Gasteiger partial charge in [0.2, 0.25) is 17.7 Å². The fourth-order valence-electron chi connectivity index (χ4n) is 14.9. The number of β-lactam (4-membered cyclic amide) rings is 2. The lowest BCUT2D eigenvalue weighted by molar-refractivity contribution is -0.310. The molecule has 27 nitrogen and oxygen atoms in total. The number of cyclic esters (lactones) is 1. The van der Waals surface area contributed by atoms with Crippen molar-refractivity contribution in [3.05, 3.63) is 47.7 Å².